The quantitative estimate of drug-likeness (QED) is 0.874. The lowest BCUT2D eigenvalue weighted by Crippen LogP contribution is -2.34. The van der Waals surface area contributed by atoms with E-state index in [1.807, 2.05) is 6.92 Å². The van der Waals surface area contributed by atoms with Crippen LogP contribution in [0, 0.1) is 0 Å². The monoisotopic (exact) mass is 317 g/mol. The third-order valence-electron chi connectivity index (χ3n) is 2.89. The van der Waals surface area contributed by atoms with Crippen molar-refractivity contribution < 1.29 is 22.5 Å². The van der Waals surface area contributed by atoms with Gasteiger partial charge in [0.15, 0.2) is 5.82 Å². The van der Waals surface area contributed by atoms with Gasteiger partial charge in [0.05, 0.1) is 0 Å². The van der Waals surface area contributed by atoms with E-state index in [9.17, 15) is 18.0 Å². The summed E-state index contributed by atoms with van der Waals surface area (Å²) >= 11 is 0. The molecule has 0 aliphatic rings. The normalized spacial score (nSPS) is 13.1. The van der Waals surface area contributed by atoms with Crippen LogP contribution in [0.1, 0.15) is 31.1 Å². The van der Waals surface area contributed by atoms with Crippen LogP contribution in [0.5, 0.6) is 0 Å². The minimum Gasteiger partial charge on any atom is -0.354 e. The van der Waals surface area contributed by atoms with Crippen molar-refractivity contribution >= 4 is 5.91 Å². The molecule has 1 N–H and O–H groups in total. The van der Waals surface area contributed by atoms with Gasteiger partial charge < -0.3 is 9.84 Å². The Balaban J connectivity index is 1.85. The molecule has 0 saturated carbocycles. The molecule has 0 saturated heterocycles. The molecule has 2 rings (SSSR count). The van der Waals surface area contributed by atoms with Gasteiger partial charge in [-0.05, 0) is 12.5 Å². The van der Waals surface area contributed by atoms with E-state index in [4.69, 9.17) is 0 Å². The van der Waals surface area contributed by atoms with E-state index in [2.05, 4.69) is 25.1 Å². The molecule has 120 valence electrons. The average Bonchev–Trinajstić information content (AvgIpc) is 3.10. The summed E-state index contributed by atoms with van der Waals surface area (Å²) in [6, 6.07) is 1.24. The van der Waals surface area contributed by atoms with Crippen LogP contribution >= 0.6 is 0 Å². The van der Waals surface area contributed by atoms with Crippen LogP contribution in [0.25, 0.3) is 0 Å². The van der Waals surface area contributed by atoms with Gasteiger partial charge in [-0.1, -0.05) is 12.1 Å². The summed E-state index contributed by atoms with van der Waals surface area (Å²) in [5.41, 5.74) is 0. The van der Waals surface area contributed by atoms with Crippen molar-refractivity contribution in [3.05, 3.63) is 30.2 Å². The van der Waals surface area contributed by atoms with Crippen LogP contribution in [0.4, 0.5) is 13.2 Å². The highest BCUT2D eigenvalue weighted by atomic mass is 19.4. The van der Waals surface area contributed by atoms with E-state index in [-0.39, 0.29) is 24.7 Å². The summed E-state index contributed by atoms with van der Waals surface area (Å²) in [6.45, 7) is 1.94. The fourth-order valence-corrected chi connectivity index (χ4v) is 1.84. The van der Waals surface area contributed by atoms with E-state index in [0.717, 1.165) is 0 Å². The Hall–Kier alpha value is -2.39. The summed E-state index contributed by atoms with van der Waals surface area (Å²) in [6.07, 6.45) is -0.854. The molecular formula is C12H14F3N5O2. The maximum Gasteiger partial charge on any atom is 0.471 e. The molecule has 22 heavy (non-hydrogen) atoms. The molecule has 0 aliphatic carbocycles. The molecule has 0 aromatic carbocycles. The van der Waals surface area contributed by atoms with E-state index in [0.29, 0.717) is 6.42 Å². The summed E-state index contributed by atoms with van der Waals surface area (Å²) in [7, 11) is 0. The Labute approximate surface area is 123 Å². The first kappa shape index (κ1) is 16.0. The maximum absolute atomic E-state index is 12.3. The molecule has 2 aromatic rings. The highest BCUT2D eigenvalue weighted by molar-refractivity contribution is 5.80. The van der Waals surface area contributed by atoms with Crippen LogP contribution in [-0.2, 0) is 17.4 Å². The van der Waals surface area contributed by atoms with E-state index in [1.54, 1.807) is 18.5 Å². The number of amides is 1. The molecule has 0 fully saturated rings. The maximum atomic E-state index is 12.3. The van der Waals surface area contributed by atoms with Crippen molar-refractivity contribution in [2.75, 3.05) is 6.54 Å². The molecule has 1 atom stereocenters. The first-order valence-corrected chi connectivity index (χ1v) is 6.58. The number of carbonyl (C=O) groups excluding carboxylic acids is 1. The number of hydrogen-bond acceptors (Lipinski definition) is 5. The third-order valence-corrected chi connectivity index (χ3v) is 2.89. The Bertz CT molecular complexity index is 609. The van der Waals surface area contributed by atoms with Crippen molar-refractivity contribution in [3.8, 4) is 0 Å². The summed E-state index contributed by atoms with van der Waals surface area (Å²) in [5.74, 6) is -1.78. The van der Waals surface area contributed by atoms with E-state index >= 15 is 0 Å². The smallest absolute Gasteiger partial charge is 0.354 e. The molecular weight excluding hydrogens is 303 g/mol. The van der Waals surface area contributed by atoms with Gasteiger partial charge in [0, 0.05) is 25.4 Å². The minimum atomic E-state index is -4.66. The number of hydrogen-bond donors (Lipinski definition) is 1. The fraction of sp³-hybridized carbons (Fsp3) is 0.500. The number of rotatable bonds is 6. The first-order chi connectivity index (χ1) is 10.4. The van der Waals surface area contributed by atoms with Gasteiger partial charge in [0.2, 0.25) is 5.91 Å². The second kappa shape index (κ2) is 6.58. The van der Waals surface area contributed by atoms with Gasteiger partial charge in [0.1, 0.15) is 6.04 Å². The lowest BCUT2D eigenvalue weighted by Gasteiger charge is -2.14. The Morgan fingerprint density at radius 3 is 2.82 bits per heavy atom. The molecule has 0 unspecified atom stereocenters. The SMILES string of the molecule is CC[C@@H](C(=O)NCCc1noc(C(F)(F)F)n1)n1cccn1. The lowest BCUT2D eigenvalue weighted by atomic mass is 10.2. The van der Waals surface area contributed by atoms with Gasteiger partial charge >= 0.3 is 12.1 Å². The van der Waals surface area contributed by atoms with Crippen LogP contribution in [0.15, 0.2) is 23.0 Å². The molecule has 0 radical (unpaired) electrons. The second-order valence-electron chi connectivity index (χ2n) is 4.46. The Kier molecular flexibility index (Phi) is 4.78. The van der Waals surface area contributed by atoms with Gasteiger partial charge in [0.25, 0.3) is 0 Å². The van der Waals surface area contributed by atoms with Gasteiger partial charge in [-0.2, -0.15) is 23.3 Å². The van der Waals surface area contributed by atoms with Gasteiger partial charge in [-0.15, -0.1) is 0 Å². The van der Waals surface area contributed by atoms with Crippen molar-refractivity contribution in [2.45, 2.75) is 32.0 Å². The molecule has 2 heterocycles. The molecule has 0 aliphatic heterocycles. The van der Waals surface area contributed by atoms with Crippen molar-refractivity contribution in [1.82, 2.24) is 25.2 Å². The fourth-order valence-electron chi connectivity index (χ4n) is 1.84. The molecule has 2 aromatic heterocycles. The highest BCUT2D eigenvalue weighted by Crippen LogP contribution is 2.27. The molecule has 0 spiro atoms. The zero-order valence-electron chi connectivity index (χ0n) is 11.7. The second-order valence-corrected chi connectivity index (χ2v) is 4.46. The topological polar surface area (TPSA) is 85.8 Å². The highest BCUT2D eigenvalue weighted by Gasteiger charge is 2.38. The largest absolute Gasteiger partial charge is 0.471 e. The van der Waals surface area contributed by atoms with Crippen LogP contribution < -0.4 is 5.32 Å². The minimum absolute atomic E-state index is 0.0425. The summed E-state index contributed by atoms with van der Waals surface area (Å²) < 4.78 is 42.5. The third kappa shape index (κ3) is 3.83. The zero-order chi connectivity index (χ0) is 16.2. The van der Waals surface area contributed by atoms with Crippen molar-refractivity contribution in [1.29, 1.82) is 0 Å². The standard InChI is InChI=1S/C12H14F3N5O2/c1-2-8(20-7-3-5-17-20)10(21)16-6-4-9-18-11(22-19-9)12(13,14)15/h3,5,7-8H,2,4,6H2,1H3,(H,16,21)/t8-/m0/s1. The van der Waals surface area contributed by atoms with Crippen LogP contribution in [-0.4, -0.2) is 32.4 Å². The zero-order valence-corrected chi connectivity index (χ0v) is 11.7. The van der Waals surface area contributed by atoms with Crippen LogP contribution in [0.3, 0.4) is 0 Å². The number of nitrogens with zero attached hydrogens (tertiary/aromatic N) is 4. The van der Waals surface area contributed by atoms with E-state index < -0.39 is 18.1 Å². The van der Waals surface area contributed by atoms with Crippen molar-refractivity contribution in [3.63, 3.8) is 0 Å². The van der Waals surface area contributed by atoms with Gasteiger partial charge in [-0.3, -0.25) is 9.48 Å². The first-order valence-electron chi connectivity index (χ1n) is 6.58. The van der Waals surface area contributed by atoms with Crippen LogP contribution in [0.2, 0.25) is 0 Å². The number of nitrogens with one attached hydrogen (secondary N) is 1. The predicted molar refractivity (Wildman–Crippen MR) is 67.6 cm³/mol. The molecule has 7 nitrogen and oxygen atoms in total. The Morgan fingerprint density at radius 2 is 2.27 bits per heavy atom. The number of carbonyl (C=O) groups is 1. The Morgan fingerprint density at radius 1 is 1.50 bits per heavy atom. The molecule has 1 amide bonds. The lowest BCUT2D eigenvalue weighted by molar-refractivity contribution is -0.159. The summed E-state index contributed by atoms with van der Waals surface area (Å²) in [5, 5.41) is 9.83. The predicted octanol–water partition coefficient (Wildman–Crippen LogP) is 1.59. The number of alkyl halides is 3. The molecule has 0 bridgehead atoms. The number of aromatic nitrogens is 4. The summed E-state index contributed by atoms with van der Waals surface area (Å²) in [4.78, 5) is 15.2. The average molecular weight is 317 g/mol. The number of halogens is 3. The molecule has 10 heteroatoms. The van der Waals surface area contributed by atoms with Crippen molar-refractivity contribution in [2.24, 2.45) is 0 Å². The van der Waals surface area contributed by atoms with E-state index in [1.165, 1.54) is 4.68 Å². The van der Waals surface area contributed by atoms with Gasteiger partial charge in [-0.25, -0.2) is 0 Å².